The molecule has 1 fully saturated rings. The number of β-amino-alcohol motifs (C(OH)–C–C–N with tert-alkyl or cyclic N) is 1. The molecule has 2 rings (SSSR count). The van der Waals surface area contributed by atoms with E-state index in [-0.39, 0.29) is 12.1 Å². The molecule has 1 aliphatic rings. The fourth-order valence-corrected chi connectivity index (χ4v) is 3.00. The van der Waals surface area contributed by atoms with E-state index in [0.29, 0.717) is 19.8 Å². The first-order valence-corrected chi connectivity index (χ1v) is 7.88. The Morgan fingerprint density at radius 3 is 2.71 bits per heavy atom. The van der Waals surface area contributed by atoms with Crippen LogP contribution in [0.1, 0.15) is 31.7 Å². The lowest BCUT2D eigenvalue weighted by Gasteiger charge is -2.38. The predicted octanol–water partition coefficient (Wildman–Crippen LogP) is 1.80. The van der Waals surface area contributed by atoms with Crippen molar-refractivity contribution in [2.45, 2.75) is 51.0 Å². The van der Waals surface area contributed by atoms with E-state index in [4.69, 9.17) is 4.74 Å². The van der Waals surface area contributed by atoms with E-state index in [1.807, 2.05) is 37.3 Å². The van der Waals surface area contributed by atoms with E-state index in [1.54, 1.807) is 0 Å². The zero-order valence-electron chi connectivity index (χ0n) is 12.8. The molecule has 1 aromatic rings. The summed E-state index contributed by atoms with van der Waals surface area (Å²) in [6, 6.07) is 10.1. The third-order valence-corrected chi connectivity index (χ3v) is 4.09. The lowest BCUT2D eigenvalue weighted by atomic mass is 9.98. The van der Waals surface area contributed by atoms with Gasteiger partial charge in [-0.15, -0.1) is 0 Å². The molecule has 1 heterocycles. The maximum atomic E-state index is 10.1. The molecule has 1 saturated heterocycles. The predicted molar refractivity (Wildman–Crippen MR) is 83.0 cm³/mol. The van der Waals surface area contributed by atoms with Gasteiger partial charge in [0.1, 0.15) is 0 Å². The number of benzene rings is 1. The summed E-state index contributed by atoms with van der Waals surface area (Å²) in [5.41, 5.74) is 1.12. The van der Waals surface area contributed by atoms with Gasteiger partial charge in [-0.25, -0.2) is 0 Å². The SMILES string of the molecule is CC(O)C1CCCCN1C[C@@H](O)COCc1ccccc1. The molecule has 0 amide bonds. The van der Waals surface area contributed by atoms with E-state index in [0.717, 1.165) is 31.4 Å². The molecule has 21 heavy (non-hydrogen) atoms. The van der Waals surface area contributed by atoms with Gasteiger partial charge < -0.3 is 14.9 Å². The molecule has 4 heteroatoms. The number of hydrogen-bond acceptors (Lipinski definition) is 4. The molecular weight excluding hydrogens is 266 g/mol. The Balaban J connectivity index is 1.72. The second-order valence-electron chi connectivity index (χ2n) is 5.95. The Bertz CT molecular complexity index is 396. The first-order valence-electron chi connectivity index (χ1n) is 7.88. The molecule has 0 bridgehead atoms. The smallest absolute Gasteiger partial charge is 0.0900 e. The van der Waals surface area contributed by atoms with Crippen LogP contribution in [0.2, 0.25) is 0 Å². The van der Waals surface area contributed by atoms with Gasteiger partial charge in [-0.05, 0) is 31.9 Å². The van der Waals surface area contributed by atoms with Crippen LogP contribution in [0.15, 0.2) is 30.3 Å². The summed E-state index contributed by atoms with van der Waals surface area (Å²) >= 11 is 0. The van der Waals surface area contributed by atoms with Gasteiger partial charge in [-0.2, -0.15) is 0 Å². The largest absolute Gasteiger partial charge is 0.392 e. The highest BCUT2D eigenvalue weighted by molar-refractivity contribution is 5.13. The van der Waals surface area contributed by atoms with Crippen molar-refractivity contribution in [1.29, 1.82) is 0 Å². The number of aliphatic hydroxyl groups is 2. The van der Waals surface area contributed by atoms with E-state index in [1.165, 1.54) is 0 Å². The highest BCUT2D eigenvalue weighted by Crippen LogP contribution is 2.20. The number of aliphatic hydroxyl groups excluding tert-OH is 2. The molecule has 0 spiro atoms. The quantitative estimate of drug-likeness (QED) is 0.805. The molecule has 0 aliphatic carbocycles. The van der Waals surface area contributed by atoms with Gasteiger partial charge in [0.25, 0.3) is 0 Å². The molecule has 0 radical (unpaired) electrons. The van der Waals surface area contributed by atoms with Crippen LogP contribution < -0.4 is 0 Å². The van der Waals surface area contributed by atoms with Crippen molar-refractivity contribution in [3.05, 3.63) is 35.9 Å². The maximum absolute atomic E-state index is 10.1. The Kier molecular flexibility index (Phi) is 6.64. The molecule has 4 nitrogen and oxygen atoms in total. The van der Waals surface area contributed by atoms with Crippen molar-refractivity contribution in [2.75, 3.05) is 19.7 Å². The molecule has 2 unspecified atom stereocenters. The average molecular weight is 293 g/mol. The van der Waals surface area contributed by atoms with Crippen molar-refractivity contribution in [2.24, 2.45) is 0 Å². The van der Waals surface area contributed by atoms with Crippen molar-refractivity contribution in [3.63, 3.8) is 0 Å². The fourth-order valence-electron chi connectivity index (χ4n) is 3.00. The van der Waals surface area contributed by atoms with Crippen molar-refractivity contribution < 1.29 is 14.9 Å². The number of nitrogens with zero attached hydrogens (tertiary/aromatic N) is 1. The highest BCUT2D eigenvalue weighted by atomic mass is 16.5. The van der Waals surface area contributed by atoms with Crippen LogP contribution in [0.25, 0.3) is 0 Å². The van der Waals surface area contributed by atoms with Gasteiger partial charge >= 0.3 is 0 Å². The molecule has 0 saturated carbocycles. The summed E-state index contributed by atoms with van der Waals surface area (Å²) in [5, 5.41) is 20.0. The third kappa shape index (κ3) is 5.40. The monoisotopic (exact) mass is 293 g/mol. The van der Waals surface area contributed by atoms with Crippen LogP contribution in [0.5, 0.6) is 0 Å². The molecule has 3 atom stereocenters. The van der Waals surface area contributed by atoms with Crippen LogP contribution in [0.4, 0.5) is 0 Å². The molecule has 1 aromatic carbocycles. The third-order valence-electron chi connectivity index (χ3n) is 4.09. The number of piperidine rings is 1. The van der Waals surface area contributed by atoms with Gasteiger partial charge in [-0.3, -0.25) is 4.90 Å². The van der Waals surface area contributed by atoms with E-state index in [2.05, 4.69) is 4.90 Å². The van der Waals surface area contributed by atoms with Crippen molar-refractivity contribution >= 4 is 0 Å². The summed E-state index contributed by atoms with van der Waals surface area (Å²) in [4.78, 5) is 2.20. The summed E-state index contributed by atoms with van der Waals surface area (Å²) in [6.07, 6.45) is 2.46. The second kappa shape index (κ2) is 8.49. The number of ether oxygens (including phenoxy) is 1. The zero-order chi connectivity index (χ0) is 15.1. The zero-order valence-corrected chi connectivity index (χ0v) is 12.8. The second-order valence-corrected chi connectivity index (χ2v) is 5.95. The molecule has 0 aromatic heterocycles. The Hall–Kier alpha value is -0.940. The average Bonchev–Trinajstić information content (AvgIpc) is 2.48. The highest BCUT2D eigenvalue weighted by Gasteiger charge is 2.27. The van der Waals surface area contributed by atoms with Crippen molar-refractivity contribution in [3.8, 4) is 0 Å². The van der Waals surface area contributed by atoms with Gasteiger partial charge in [0.05, 0.1) is 25.4 Å². The Labute approximate surface area is 127 Å². The summed E-state index contributed by atoms with van der Waals surface area (Å²) in [7, 11) is 0. The summed E-state index contributed by atoms with van der Waals surface area (Å²) < 4.78 is 5.58. The van der Waals surface area contributed by atoms with Crippen LogP contribution in [0, 0.1) is 0 Å². The standard InChI is InChI=1S/C17H27NO3/c1-14(19)17-9-5-6-10-18(17)11-16(20)13-21-12-15-7-3-2-4-8-15/h2-4,7-8,14,16-17,19-20H,5-6,9-13H2,1H3/t14?,16-,17?/m1/s1. The van der Waals surface area contributed by atoms with Crippen LogP contribution >= 0.6 is 0 Å². The Morgan fingerprint density at radius 2 is 2.00 bits per heavy atom. The number of hydrogen-bond donors (Lipinski definition) is 2. The minimum atomic E-state index is -0.506. The molecule has 1 aliphatic heterocycles. The van der Waals surface area contributed by atoms with Gasteiger partial charge in [0.2, 0.25) is 0 Å². The van der Waals surface area contributed by atoms with Gasteiger partial charge in [0.15, 0.2) is 0 Å². The lowest BCUT2D eigenvalue weighted by Crippen LogP contribution is -2.49. The summed E-state index contributed by atoms with van der Waals surface area (Å²) in [5.74, 6) is 0. The first-order chi connectivity index (χ1) is 10.2. The van der Waals surface area contributed by atoms with Gasteiger partial charge in [0, 0.05) is 12.6 Å². The van der Waals surface area contributed by atoms with E-state index < -0.39 is 6.10 Å². The Morgan fingerprint density at radius 1 is 1.24 bits per heavy atom. The van der Waals surface area contributed by atoms with E-state index >= 15 is 0 Å². The fraction of sp³-hybridized carbons (Fsp3) is 0.647. The van der Waals surface area contributed by atoms with E-state index in [9.17, 15) is 10.2 Å². The maximum Gasteiger partial charge on any atom is 0.0900 e. The van der Waals surface area contributed by atoms with Crippen LogP contribution in [-0.2, 0) is 11.3 Å². The summed E-state index contributed by atoms with van der Waals surface area (Å²) in [6.45, 7) is 4.21. The number of likely N-dealkylation sites (tertiary alicyclic amines) is 1. The minimum absolute atomic E-state index is 0.169. The van der Waals surface area contributed by atoms with Gasteiger partial charge in [-0.1, -0.05) is 36.8 Å². The van der Waals surface area contributed by atoms with Crippen molar-refractivity contribution in [1.82, 2.24) is 4.90 Å². The van der Waals surface area contributed by atoms with Crippen LogP contribution in [-0.4, -0.2) is 53.1 Å². The molecular formula is C17H27NO3. The first kappa shape index (κ1) is 16.4. The van der Waals surface area contributed by atoms with Crippen LogP contribution in [0.3, 0.4) is 0 Å². The molecule has 118 valence electrons. The topological polar surface area (TPSA) is 52.9 Å². The minimum Gasteiger partial charge on any atom is -0.392 e. The normalized spacial score (nSPS) is 22.9. The lowest BCUT2D eigenvalue weighted by molar-refractivity contribution is -0.0244. The number of rotatable bonds is 7. The molecule has 2 N–H and O–H groups in total.